The Morgan fingerprint density at radius 1 is 1.07 bits per heavy atom. The van der Waals surface area contributed by atoms with E-state index in [1.165, 1.54) is 4.90 Å². The molecule has 1 aliphatic heterocycles. The zero-order chi connectivity index (χ0) is 20.3. The highest BCUT2D eigenvalue weighted by Crippen LogP contribution is 2.34. The molecule has 7 heteroatoms. The summed E-state index contributed by atoms with van der Waals surface area (Å²) >= 11 is 5.47. The van der Waals surface area contributed by atoms with Crippen molar-refractivity contribution in [3.05, 3.63) is 53.7 Å². The van der Waals surface area contributed by atoms with Crippen molar-refractivity contribution in [1.29, 1.82) is 0 Å². The van der Waals surface area contributed by atoms with E-state index in [0.29, 0.717) is 41.0 Å². The number of amides is 1. The highest BCUT2D eigenvalue weighted by Gasteiger charge is 2.37. The van der Waals surface area contributed by atoms with E-state index in [2.05, 4.69) is 0 Å². The first kappa shape index (κ1) is 19.7. The smallest absolute Gasteiger partial charge is 0.281 e. The number of para-hydroxylation sites is 1. The van der Waals surface area contributed by atoms with Gasteiger partial charge in [0.15, 0.2) is 16.6 Å². The van der Waals surface area contributed by atoms with Crippen LogP contribution in [0.2, 0.25) is 0 Å². The first-order valence-corrected chi connectivity index (χ1v) is 9.40. The minimum atomic E-state index is -0.266. The Hall–Kier alpha value is -3.06. The Morgan fingerprint density at radius 2 is 1.75 bits per heavy atom. The first-order chi connectivity index (χ1) is 13.5. The average Bonchev–Trinajstić information content (AvgIpc) is 2.89. The van der Waals surface area contributed by atoms with Crippen LogP contribution in [-0.2, 0) is 4.79 Å². The number of phenols is 1. The SMILES string of the molecule is CCOc1ccc(N2C(=O)/C(=C/c3cccc(OCC)c3O)N(C)C2=S)cc1. The molecule has 2 aromatic rings. The number of rotatable bonds is 6. The van der Waals surface area contributed by atoms with Crippen LogP contribution in [-0.4, -0.2) is 41.3 Å². The number of anilines is 1. The lowest BCUT2D eigenvalue weighted by Crippen LogP contribution is -2.31. The fourth-order valence-corrected chi connectivity index (χ4v) is 3.20. The van der Waals surface area contributed by atoms with Gasteiger partial charge >= 0.3 is 0 Å². The summed E-state index contributed by atoms with van der Waals surface area (Å²) in [4.78, 5) is 16.1. The second-order valence-corrected chi connectivity index (χ2v) is 6.43. The number of thiocarbonyl (C=S) groups is 1. The predicted molar refractivity (Wildman–Crippen MR) is 113 cm³/mol. The van der Waals surface area contributed by atoms with Crippen molar-refractivity contribution in [3.63, 3.8) is 0 Å². The number of benzene rings is 2. The van der Waals surface area contributed by atoms with Crippen molar-refractivity contribution < 1.29 is 19.4 Å². The van der Waals surface area contributed by atoms with Gasteiger partial charge in [0.1, 0.15) is 11.4 Å². The lowest BCUT2D eigenvalue weighted by Gasteiger charge is -2.16. The zero-order valence-corrected chi connectivity index (χ0v) is 16.8. The van der Waals surface area contributed by atoms with Crippen molar-refractivity contribution in [2.75, 3.05) is 25.2 Å². The standard InChI is InChI=1S/C21H22N2O4S/c1-4-26-16-11-9-15(10-12-16)23-20(25)17(22(3)21(23)28)13-14-7-6-8-18(19(14)24)27-5-2/h6-13,24H,4-5H2,1-3H3/b17-13-. The van der Waals surface area contributed by atoms with Gasteiger partial charge in [0.05, 0.1) is 18.9 Å². The molecule has 1 saturated heterocycles. The van der Waals surface area contributed by atoms with Gasteiger partial charge in [-0.2, -0.15) is 0 Å². The molecular weight excluding hydrogens is 376 g/mol. The summed E-state index contributed by atoms with van der Waals surface area (Å²) < 4.78 is 10.9. The third-order valence-electron chi connectivity index (χ3n) is 4.29. The highest BCUT2D eigenvalue weighted by atomic mass is 32.1. The molecule has 0 unspecified atom stereocenters. The number of hydrogen-bond acceptors (Lipinski definition) is 5. The van der Waals surface area contributed by atoms with E-state index in [0.717, 1.165) is 5.75 Å². The Kier molecular flexibility index (Phi) is 5.84. The zero-order valence-electron chi connectivity index (χ0n) is 16.0. The Balaban J connectivity index is 1.94. The van der Waals surface area contributed by atoms with Crippen LogP contribution in [0.1, 0.15) is 19.4 Å². The first-order valence-electron chi connectivity index (χ1n) is 8.99. The van der Waals surface area contributed by atoms with Crippen molar-refractivity contribution in [2.45, 2.75) is 13.8 Å². The van der Waals surface area contributed by atoms with Crippen LogP contribution in [0.15, 0.2) is 48.2 Å². The third kappa shape index (κ3) is 3.66. The van der Waals surface area contributed by atoms with Gasteiger partial charge in [-0.15, -0.1) is 0 Å². The van der Waals surface area contributed by atoms with E-state index >= 15 is 0 Å². The van der Waals surface area contributed by atoms with Crippen LogP contribution in [0.5, 0.6) is 17.2 Å². The molecule has 0 aliphatic carbocycles. The molecule has 1 N–H and O–H groups in total. The third-order valence-corrected chi connectivity index (χ3v) is 4.75. The van der Waals surface area contributed by atoms with E-state index in [4.69, 9.17) is 21.7 Å². The van der Waals surface area contributed by atoms with E-state index in [9.17, 15) is 9.90 Å². The minimum absolute atomic E-state index is 0.0107. The molecule has 1 amide bonds. The summed E-state index contributed by atoms with van der Waals surface area (Å²) in [7, 11) is 1.73. The topological polar surface area (TPSA) is 62.2 Å². The number of hydrogen-bond donors (Lipinski definition) is 1. The van der Waals surface area contributed by atoms with Crippen LogP contribution in [0.25, 0.3) is 6.08 Å². The van der Waals surface area contributed by atoms with E-state index < -0.39 is 0 Å². The molecule has 0 saturated carbocycles. The molecule has 1 aliphatic rings. The Bertz CT molecular complexity index is 925. The molecule has 6 nitrogen and oxygen atoms in total. The number of ether oxygens (including phenoxy) is 2. The minimum Gasteiger partial charge on any atom is -0.504 e. The lowest BCUT2D eigenvalue weighted by molar-refractivity contribution is -0.114. The molecule has 0 bridgehead atoms. The van der Waals surface area contributed by atoms with Gasteiger partial charge in [0, 0.05) is 12.6 Å². The van der Waals surface area contributed by atoms with Crippen LogP contribution in [0, 0.1) is 0 Å². The number of carbonyl (C=O) groups is 1. The number of phenolic OH excluding ortho intramolecular Hbond substituents is 1. The fraction of sp³-hybridized carbons (Fsp3) is 0.238. The second kappa shape index (κ2) is 8.31. The largest absolute Gasteiger partial charge is 0.504 e. The molecule has 0 atom stereocenters. The maximum Gasteiger partial charge on any atom is 0.281 e. The molecule has 1 fully saturated rings. The van der Waals surface area contributed by atoms with Crippen molar-refractivity contribution in [1.82, 2.24) is 4.90 Å². The second-order valence-electron chi connectivity index (χ2n) is 6.07. The molecular formula is C21H22N2O4S. The summed E-state index contributed by atoms with van der Waals surface area (Å²) in [5.74, 6) is 0.822. The normalized spacial score (nSPS) is 15.5. The number of likely N-dealkylation sites (N-methyl/N-ethyl adjacent to an activating group) is 1. The highest BCUT2D eigenvalue weighted by molar-refractivity contribution is 7.80. The van der Waals surface area contributed by atoms with Gasteiger partial charge in [0.25, 0.3) is 5.91 Å². The summed E-state index contributed by atoms with van der Waals surface area (Å²) in [6, 6.07) is 12.3. The van der Waals surface area contributed by atoms with Crippen LogP contribution >= 0.6 is 12.2 Å². The van der Waals surface area contributed by atoms with Crippen LogP contribution in [0.3, 0.4) is 0 Å². The lowest BCUT2D eigenvalue weighted by atomic mass is 10.1. The number of aromatic hydroxyl groups is 1. The quantitative estimate of drug-likeness (QED) is 0.590. The Labute approximate surface area is 169 Å². The van der Waals surface area contributed by atoms with Crippen LogP contribution in [0.4, 0.5) is 5.69 Å². The van der Waals surface area contributed by atoms with Crippen molar-refractivity contribution >= 4 is 35.0 Å². The summed E-state index contributed by atoms with van der Waals surface area (Å²) in [5.41, 5.74) is 1.50. The van der Waals surface area contributed by atoms with Gasteiger partial charge in [-0.3, -0.25) is 9.69 Å². The van der Waals surface area contributed by atoms with E-state index in [1.54, 1.807) is 60.5 Å². The maximum absolute atomic E-state index is 13.0. The molecule has 0 spiro atoms. The molecule has 2 aromatic carbocycles. The van der Waals surface area contributed by atoms with Crippen LogP contribution < -0.4 is 14.4 Å². The molecule has 1 heterocycles. The van der Waals surface area contributed by atoms with Gasteiger partial charge in [-0.1, -0.05) is 12.1 Å². The number of carbonyl (C=O) groups excluding carboxylic acids is 1. The fourth-order valence-electron chi connectivity index (χ4n) is 2.92. The summed E-state index contributed by atoms with van der Waals surface area (Å²) in [6.07, 6.45) is 1.61. The van der Waals surface area contributed by atoms with Gasteiger partial charge < -0.3 is 19.5 Å². The summed E-state index contributed by atoms with van der Waals surface area (Å²) in [6.45, 7) is 4.75. The van der Waals surface area contributed by atoms with E-state index in [1.807, 2.05) is 13.8 Å². The van der Waals surface area contributed by atoms with Crippen molar-refractivity contribution in [2.24, 2.45) is 0 Å². The van der Waals surface area contributed by atoms with Gasteiger partial charge in [-0.25, -0.2) is 0 Å². The predicted octanol–water partition coefficient (Wildman–Crippen LogP) is 3.79. The summed E-state index contributed by atoms with van der Waals surface area (Å²) in [5, 5.41) is 10.8. The maximum atomic E-state index is 13.0. The Morgan fingerprint density at radius 3 is 2.39 bits per heavy atom. The molecule has 28 heavy (non-hydrogen) atoms. The van der Waals surface area contributed by atoms with Gasteiger partial charge in [-0.05, 0) is 62.5 Å². The molecule has 146 valence electrons. The molecule has 0 radical (unpaired) electrons. The number of nitrogens with zero attached hydrogens (tertiary/aromatic N) is 2. The average molecular weight is 398 g/mol. The van der Waals surface area contributed by atoms with Crippen molar-refractivity contribution in [3.8, 4) is 17.2 Å². The molecule has 0 aromatic heterocycles. The van der Waals surface area contributed by atoms with Gasteiger partial charge in [0.2, 0.25) is 0 Å². The molecule has 3 rings (SSSR count). The van der Waals surface area contributed by atoms with E-state index in [-0.39, 0.29) is 11.7 Å². The monoisotopic (exact) mass is 398 g/mol.